The lowest BCUT2D eigenvalue weighted by Crippen LogP contribution is -2.54. The van der Waals surface area contributed by atoms with E-state index in [-0.39, 0.29) is 28.5 Å². The number of hydrogen-bond donors (Lipinski definition) is 5. The summed E-state index contributed by atoms with van der Waals surface area (Å²) in [6, 6.07) is 4.36. The third-order valence-electron chi connectivity index (χ3n) is 5.81. The number of aromatic hydroxyl groups is 2. The van der Waals surface area contributed by atoms with Crippen LogP contribution in [0.4, 0.5) is 0 Å². The smallest absolute Gasteiger partial charge is 0.231 e. The third kappa shape index (κ3) is 5.83. The maximum Gasteiger partial charge on any atom is 0.231 e. The number of β-amino-alcohol motifs (C(OH)–C–C–N with tert-alkyl or cyclic N) is 1. The fraction of sp³-hybridized carbons (Fsp3) is 0.650. The van der Waals surface area contributed by atoms with Gasteiger partial charge in [-0.1, -0.05) is 22.0 Å². The van der Waals surface area contributed by atoms with Gasteiger partial charge >= 0.3 is 0 Å². The van der Waals surface area contributed by atoms with Crippen molar-refractivity contribution in [2.45, 2.75) is 63.6 Å². The van der Waals surface area contributed by atoms with Crippen LogP contribution in [-0.4, -0.2) is 44.2 Å². The maximum absolute atomic E-state index is 11.7. The number of carbonyl (C=O) groups is 1. The van der Waals surface area contributed by atoms with E-state index in [4.69, 9.17) is 0 Å². The highest BCUT2D eigenvalue weighted by molar-refractivity contribution is 9.09. The highest BCUT2D eigenvalue weighted by Gasteiger charge is 2.38. The molecule has 1 unspecified atom stereocenters. The Balaban J connectivity index is 1.89. The molecule has 0 saturated heterocycles. The quantitative estimate of drug-likeness (QED) is 0.330. The number of amides is 1. The molecule has 6 nitrogen and oxygen atoms in total. The van der Waals surface area contributed by atoms with Crippen LogP contribution >= 0.6 is 15.9 Å². The van der Waals surface area contributed by atoms with Crippen molar-refractivity contribution in [3.63, 3.8) is 0 Å². The minimum absolute atomic E-state index is 0.0219. The van der Waals surface area contributed by atoms with Crippen LogP contribution in [0.5, 0.6) is 11.5 Å². The highest BCUT2D eigenvalue weighted by atomic mass is 79.9. The molecule has 1 aromatic rings. The van der Waals surface area contributed by atoms with Gasteiger partial charge in [-0.25, -0.2) is 0 Å². The van der Waals surface area contributed by atoms with E-state index < -0.39 is 6.10 Å². The van der Waals surface area contributed by atoms with E-state index in [9.17, 15) is 20.1 Å². The zero-order valence-electron chi connectivity index (χ0n) is 16.3. The molecule has 0 bridgehead atoms. The Morgan fingerprint density at radius 2 is 1.93 bits per heavy atom. The largest absolute Gasteiger partial charge is 0.504 e. The number of phenolic OH excluding ortho intramolecular Hbond substituents is 2. The molecule has 1 aliphatic carbocycles. The van der Waals surface area contributed by atoms with Gasteiger partial charge in [-0.3, -0.25) is 4.79 Å². The van der Waals surface area contributed by atoms with Crippen LogP contribution in [0.1, 0.15) is 58.1 Å². The highest BCUT2D eigenvalue weighted by Crippen LogP contribution is 2.37. The Kier molecular flexibility index (Phi) is 7.16. The first-order chi connectivity index (χ1) is 12.6. The van der Waals surface area contributed by atoms with Crippen molar-refractivity contribution in [1.29, 1.82) is 0 Å². The number of hydrogen-bond acceptors (Lipinski definition) is 5. The summed E-state index contributed by atoms with van der Waals surface area (Å²) in [4.78, 5) is 11.7. The second-order valence-electron chi connectivity index (χ2n) is 8.38. The topological polar surface area (TPSA) is 102 Å². The molecule has 7 heteroatoms. The fourth-order valence-electron chi connectivity index (χ4n) is 3.84. The first-order valence-electron chi connectivity index (χ1n) is 9.38. The van der Waals surface area contributed by atoms with Crippen molar-refractivity contribution in [1.82, 2.24) is 10.6 Å². The predicted octanol–water partition coefficient (Wildman–Crippen LogP) is 2.96. The Morgan fingerprint density at radius 1 is 1.30 bits per heavy atom. The van der Waals surface area contributed by atoms with Crippen LogP contribution in [0, 0.1) is 5.92 Å². The molecule has 1 saturated carbocycles. The first-order valence-corrected chi connectivity index (χ1v) is 10.5. The zero-order chi connectivity index (χ0) is 20.2. The summed E-state index contributed by atoms with van der Waals surface area (Å²) in [5.74, 6) is 0.0277. The Bertz CT molecular complexity index is 657. The lowest BCUT2D eigenvalue weighted by Gasteiger charge is -2.44. The van der Waals surface area contributed by atoms with Crippen LogP contribution in [0.2, 0.25) is 0 Å². The summed E-state index contributed by atoms with van der Waals surface area (Å²) in [5.41, 5.74) is 0.239. The van der Waals surface area contributed by atoms with E-state index in [1.807, 2.05) is 0 Å². The Hall–Kier alpha value is -1.31. The molecule has 0 radical (unpaired) electrons. The number of alkyl halides is 1. The van der Waals surface area contributed by atoms with Crippen molar-refractivity contribution < 1.29 is 20.1 Å². The summed E-state index contributed by atoms with van der Waals surface area (Å²) in [7, 11) is 0. The maximum atomic E-state index is 11.7. The SMILES string of the molecule is CC1(NC(=O)CBr)CCC(C(C)(C)NCC(O)c2ccc(O)c(O)c2)CC1. The lowest BCUT2D eigenvalue weighted by molar-refractivity contribution is -0.120. The molecular weight excluding hydrogens is 412 g/mol. The number of rotatable bonds is 7. The summed E-state index contributed by atoms with van der Waals surface area (Å²) in [5, 5.41) is 36.3. The average Bonchev–Trinajstić information content (AvgIpc) is 2.62. The molecule has 0 aliphatic heterocycles. The number of carbonyl (C=O) groups excluding carboxylic acids is 1. The number of aliphatic hydroxyl groups is 1. The van der Waals surface area contributed by atoms with Gasteiger partial charge in [0.05, 0.1) is 11.4 Å². The van der Waals surface area contributed by atoms with Crippen molar-refractivity contribution in [2.24, 2.45) is 5.92 Å². The van der Waals surface area contributed by atoms with E-state index >= 15 is 0 Å². The summed E-state index contributed by atoms with van der Waals surface area (Å²) in [6.07, 6.45) is 3.07. The molecule has 1 aromatic carbocycles. The second-order valence-corrected chi connectivity index (χ2v) is 8.94. The van der Waals surface area contributed by atoms with Gasteiger partial charge in [0.15, 0.2) is 11.5 Å². The zero-order valence-corrected chi connectivity index (χ0v) is 17.8. The Labute approximate surface area is 169 Å². The van der Waals surface area contributed by atoms with E-state index in [0.717, 1.165) is 25.7 Å². The average molecular weight is 443 g/mol. The molecule has 0 aromatic heterocycles. The molecule has 2 rings (SSSR count). The monoisotopic (exact) mass is 442 g/mol. The van der Waals surface area contributed by atoms with Gasteiger partial charge in [0.1, 0.15) is 0 Å². The molecule has 27 heavy (non-hydrogen) atoms. The van der Waals surface area contributed by atoms with E-state index in [2.05, 4.69) is 47.3 Å². The molecule has 0 spiro atoms. The molecule has 152 valence electrons. The molecule has 1 aliphatic rings. The summed E-state index contributed by atoms with van der Waals surface area (Å²) >= 11 is 3.20. The van der Waals surface area contributed by atoms with E-state index in [1.54, 1.807) is 6.07 Å². The number of halogens is 1. The second kappa shape index (κ2) is 8.80. The number of aliphatic hydroxyl groups excluding tert-OH is 1. The van der Waals surface area contributed by atoms with Crippen LogP contribution in [0.3, 0.4) is 0 Å². The van der Waals surface area contributed by atoms with E-state index in [0.29, 0.717) is 23.4 Å². The van der Waals surface area contributed by atoms with Crippen molar-refractivity contribution >= 4 is 21.8 Å². The number of nitrogens with one attached hydrogen (secondary N) is 2. The molecular formula is C20H31BrN2O4. The van der Waals surface area contributed by atoms with Gasteiger partial charge in [-0.2, -0.15) is 0 Å². The molecule has 1 amide bonds. The van der Waals surface area contributed by atoms with Crippen LogP contribution in [-0.2, 0) is 4.79 Å². The molecule has 5 N–H and O–H groups in total. The van der Waals surface area contributed by atoms with Gasteiger partial charge in [0.2, 0.25) is 5.91 Å². The van der Waals surface area contributed by atoms with Gasteiger partial charge in [0, 0.05) is 17.6 Å². The summed E-state index contributed by atoms with van der Waals surface area (Å²) in [6.45, 7) is 6.73. The summed E-state index contributed by atoms with van der Waals surface area (Å²) < 4.78 is 0. The van der Waals surface area contributed by atoms with Crippen LogP contribution in [0.25, 0.3) is 0 Å². The molecule has 0 heterocycles. The normalized spacial score (nSPS) is 24.4. The molecule has 1 fully saturated rings. The third-order valence-corrected chi connectivity index (χ3v) is 6.32. The minimum atomic E-state index is -0.775. The number of benzene rings is 1. The van der Waals surface area contributed by atoms with Crippen molar-refractivity contribution in [3.8, 4) is 11.5 Å². The van der Waals surface area contributed by atoms with Crippen LogP contribution < -0.4 is 10.6 Å². The van der Waals surface area contributed by atoms with Gasteiger partial charge in [-0.05, 0) is 70.1 Å². The minimum Gasteiger partial charge on any atom is -0.504 e. The molecule has 1 atom stereocenters. The van der Waals surface area contributed by atoms with Gasteiger partial charge < -0.3 is 26.0 Å². The number of phenols is 2. The fourth-order valence-corrected chi connectivity index (χ4v) is 3.98. The van der Waals surface area contributed by atoms with Gasteiger partial charge in [-0.15, -0.1) is 0 Å². The first kappa shape index (κ1) is 22.0. The standard InChI is InChI=1S/C20H31BrN2O4/c1-19(2,14-6-8-20(3,9-7-14)23-18(27)11-21)22-12-17(26)13-4-5-15(24)16(25)10-13/h4-5,10,14,17,22,24-26H,6-9,11-12H2,1-3H3,(H,23,27). The Morgan fingerprint density at radius 3 is 2.48 bits per heavy atom. The van der Waals surface area contributed by atoms with Gasteiger partial charge in [0.25, 0.3) is 0 Å². The van der Waals surface area contributed by atoms with Crippen molar-refractivity contribution in [3.05, 3.63) is 23.8 Å². The lowest BCUT2D eigenvalue weighted by atomic mass is 9.70. The van der Waals surface area contributed by atoms with Crippen molar-refractivity contribution in [2.75, 3.05) is 11.9 Å². The predicted molar refractivity (Wildman–Crippen MR) is 109 cm³/mol. The van der Waals surface area contributed by atoms with Crippen LogP contribution in [0.15, 0.2) is 18.2 Å². The van der Waals surface area contributed by atoms with E-state index in [1.165, 1.54) is 12.1 Å².